The molecule has 0 N–H and O–H groups in total. The van der Waals surface area contributed by atoms with Crippen LogP contribution in [-0.4, -0.2) is 9.97 Å². The van der Waals surface area contributed by atoms with E-state index in [1.54, 1.807) is 0 Å². The van der Waals surface area contributed by atoms with Gasteiger partial charge in [0, 0.05) is 22.1 Å². The average Bonchev–Trinajstić information content (AvgIpc) is 3.55. The molecule has 1 aliphatic carbocycles. The van der Waals surface area contributed by atoms with Gasteiger partial charge in [-0.3, -0.25) is 0 Å². The highest BCUT2D eigenvalue weighted by Gasteiger charge is 2.39. The fourth-order valence-corrected chi connectivity index (χ4v) is 9.52. The van der Waals surface area contributed by atoms with Gasteiger partial charge in [-0.15, -0.1) is 0 Å². The lowest BCUT2D eigenvalue weighted by Crippen LogP contribution is -2.17. The van der Waals surface area contributed by atoms with Crippen molar-refractivity contribution in [3.8, 4) is 78.4 Å². The van der Waals surface area contributed by atoms with Gasteiger partial charge in [0.05, 0.1) is 11.4 Å². The van der Waals surface area contributed by atoms with Crippen LogP contribution in [0.25, 0.3) is 100.0 Å². The molecule has 10 aromatic rings. The fraction of sp³-hybridized carbons (Fsp3) is 0.0526. The van der Waals surface area contributed by atoms with Crippen LogP contribution in [0.15, 0.2) is 206 Å². The molecule has 59 heavy (non-hydrogen) atoms. The van der Waals surface area contributed by atoms with Crippen molar-refractivity contribution >= 4 is 21.5 Å². The third-order valence-corrected chi connectivity index (χ3v) is 12.3. The summed E-state index contributed by atoms with van der Waals surface area (Å²) in [4.78, 5) is 10.5. The van der Waals surface area contributed by atoms with E-state index < -0.39 is 0 Å². The highest BCUT2D eigenvalue weighted by atomic mass is 14.9. The van der Waals surface area contributed by atoms with Gasteiger partial charge >= 0.3 is 0 Å². The molecule has 0 atom stereocenters. The molecule has 0 amide bonds. The molecular weight excluding hydrogens is 713 g/mol. The summed E-state index contributed by atoms with van der Waals surface area (Å²) < 4.78 is 0. The van der Waals surface area contributed by atoms with Crippen molar-refractivity contribution in [3.63, 3.8) is 0 Å². The number of aromatic nitrogens is 2. The van der Waals surface area contributed by atoms with Crippen molar-refractivity contribution in [2.75, 3.05) is 0 Å². The Morgan fingerprint density at radius 3 is 1.53 bits per heavy atom. The smallest absolute Gasteiger partial charge is 0.160 e. The van der Waals surface area contributed by atoms with Crippen LogP contribution in [0.1, 0.15) is 25.0 Å². The number of hydrogen-bond acceptors (Lipinski definition) is 2. The molecule has 0 saturated carbocycles. The average molecular weight is 753 g/mol. The predicted octanol–water partition coefficient (Wildman–Crippen LogP) is 15.1. The van der Waals surface area contributed by atoms with Crippen molar-refractivity contribution in [1.82, 2.24) is 9.97 Å². The Balaban J connectivity index is 1.03. The largest absolute Gasteiger partial charge is 0.228 e. The minimum Gasteiger partial charge on any atom is -0.228 e. The Kier molecular flexibility index (Phi) is 8.20. The molecule has 0 aliphatic heterocycles. The molecule has 0 spiro atoms. The van der Waals surface area contributed by atoms with Crippen molar-refractivity contribution in [2.24, 2.45) is 0 Å². The fourth-order valence-electron chi connectivity index (χ4n) is 9.52. The van der Waals surface area contributed by atoms with Gasteiger partial charge < -0.3 is 0 Å². The minimum atomic E-state index is -0.186. The molecule has 2 nitrogen and oxygen atoms in total. The molecule has 0 unspecified atom stereocenters. The lowest BCUT2D eigenvalue weighted by atomic mass is 9.77. The van der Waals surface area contributed by atoms with Crippen molar-refractivity contribution < 1.29 is 0 Å². The molecule has 278 valence electrons. The van der Waals surface area contributed by atoms with Crippen LogP contribution < -0.4 is 0 Å². The van der Waals surface area contributed by atoms with Crippen LogP contribution in [0.2, 0.25) is 0 Å². The van der Waals surface area contributed by atoms with Crippen LogP contribution in [-0.2, 0) is 5.41 Å². The second kappa shape index (κ2) is 13.9. The lowest BCUT2D eigenvalue weighted by molar-refractivity contribution is 0.668. The summed E-state index contributed by atoms with van der Waals surface area (Å²) in [6.07, 6.45) is 0. The summed E-state index contributed by atoms with van der Waals surface area (Å²) >= 11 is 0. The van der Waals surface area contributed by atoms with E-state index in [9.17, 15) is 0 Å². The van der Waals surface area contributed by atoms with Crippen LogP contribution in [0.5, 0.6) is 0 Å². The first-order valence-electron chi connectivity index (χ1n) is 20.4. The van der Waals surface area contributed by atoms with E-state index in [-0.39, 0.29) is 5.41 Å². The molecule has 0 saturated heterocycles. The molecule has 2 heteroatoms. The zero-order chi connectivity index (χ0) is 39.5. The van der Waals surface area contributed by atoms with Gasteiger partial charge in [-0.25, -0.2) is 9.97 Å². The van der Waals surface area contributed by atoms with E-state index >= 15 is 0 Å². The Bertz CT molecular complexity index is 3220. The molecule has 1 aromatic heterocycles. The summed E-state index contributed by atoms with van der Waals surface area (Å²) in [5.41, 5.74) is 17.4. The van der Waals surface area contributed by atoms with Gasteiger partial charge in [0.15, 0.2) is 5.82 Å². The van der Waals surface area contributed by atoms with E-state index in [0.717, 1.165) is 33.6 Å². The standard InChI is InChI=1S/C57H40N2/c1-57(2)54-44-22-10-9-17-39(44)31-32-51(54)50-26-14-25-49(55(50)57)47-33-34-48(46-24-12-11-23-45(46)47)53-36-52(58-56(59-53)41-18-7-4-8-19-41)40-29-27-38(28-30-40)43-21-13-20-42(35-43)37-15-5-3-6-16-37/h3-36H,1-2H3. The first kappa shape index (κ1) is 34.8. The first-order valence-corrected chi connectivity index (χ1v) is 20.4. The highest BCUT2D eigenvalue weighted by Crippen LogP contribution is 2.55. The lowest BCUT2D eigenvalue weighted by Gasteiger charge is -2.26. The normalized spacial score (nSPS) is 12.7. The topological polar surface area (TPSA) is 25.8 Å². The monoisotopic (exact) mass is 752 g/mol. The summed E-state index contributed by atoms with van der Waals surface area (Å²) in [6.45, 7) is 4.79. The molecule has 0 radical (unpaired) electrons. The van der Waals surface area contributed by atoms with E-state index in [2.05, 4.69) is 214 Å². The molecule has 9 aromatic carbocycles. The SMILES string of the molecule is CC1(C)c2c(cccc2-c2ccc(-c3cc(-c4ccc(-c5cccc(-c6ccccc6)c5)cc4)nc(-c4ccccc4)n3)c3ccccc23)-c2ccc3ccccc3c21. The second-order valence-corrected chi connectivity index (χ2v) is 16.1. The second-order valence-electron chi connectivity index (χ2n) is 16.1. The zero-order valence-corrected chi connectivity index (χ0v) is 33.0. The van der Waals surface area contributed by atoms with E-state index in [4.69, 9.17) is 9.97 Å². The van der Waals surface area contributed by atoms with Gasteiger partial charge in [0.1, 0.15) is 0 Å². The van der Waals surface area contributed by atoms with Crippen molar-refractivity contribution in [1.29, 1.82) is 0 Å². The van der Waals surface area contributed by atoms with E-state index in [1.165, 1.54) is 71.6 Å². The molecule has 0 fully saturated rings. The Morgan fingerprint density at radius 1 is 0.305 bits per heavy atom. The maximum absolute atomic E-state index is 5.28. The number of hydrogen-bond donors (Lipinski definition) is 0. The summed E-state index contributed by atoms with van der Waals surface area (Å²) in [7, 11) is 0. The van der Waals surface area contributed by atoms with E-state index in [1.807, 2.05) is 6.07 Å². The van der Waals surface area contributed by atoms with Crippen molar-refractivity contribution in [3.05, 3.63) is 217 Å². The Hall–Kier alpha value is -7.42. The summed E-state index contributed by atoms with van der Waals surface area (Å²) in [5, 5.41) is 4.99. The van der Waals surface area contributed by atoms with Crippen LogP contribution >= 0.6 is 0 Å². The molecule has 11 rings (SSSR count). The third-order valence-electron chi connectivity index (χ3n) is 12.3. The van der Waals surface area contributed by atoms with Gasteiger partial charge in [-0.05, 0) is 89.3 Å². The van der Waals surface area contributed by atoms with Gasteiger partial charge in [-0.1, -0.05) is 208 Å². The Morgan fingerprint density at radius 2 is 0.797 bits per heavy atom. The van der Waals surface area contributed by atoms with E-state index in [0.29, 0.717) is 5.82 Å². The van der Waals surface area contributed by atoms with Gasteiger partial charge in [0.25, 0.3) is 0 Å². The Labute approximate surface area is 345 Å². The maximum atomic E-state index is 5.28. The van der Waals surface area contributed by atoms with Crippen LogP contribution in [0, 0.1) is 0 Å². The molecule has 1 aliphatic rings. The molecule has 1 heterocycles. The summed E-state index contributed by atoms with van der Waals surface area (Å²) in [5.74, 6) is 0.707. The van der Waals surface area contributed by atoms with Gasteiger partial charge in [-0.2, -0.15) is 0 Å². The van der Waals surface area contributed by atoms with Crippen LogP contribution in [0.3, 0.4) is 0 Å². The predicted molar refractivity (Wildman–Crippen MR) is 247 cm³/mol. The maximum Gasteiger partial charge on any atom is 0.160 e. The van der Waals surface area contributed by atoms with Gasteiger partial charge in [0.2, 0.25) is 0 Å². The van der Waals surface area contributed by atoms with Crippen LogP contribution in [0.4, 0.5) is 0 Å². The first-order chi connectivity index (χ1) is 29.0. The number of rotatable bonds is 6. The number of fused-ring (bicyclic) bond motifs is 6. The molecule has 0 bridgehead atoms. The third kappa shape index (κ3) is 5.87. The quantitative estimate of drug-likeness (QED) is 0.169. The van der Waals surface area contributed by atoms with Crippen molar-refractivity contribution in [2.45, 2.75) is 19.3 Å². The highest BCUT2D eigenvalue weighted by molar-refractivity contribution is 6.07. The summed E-state index contributed by atoms with van der Waals surface area (Å²) in [6, 6.07) is 74.2. The minimum absolute atomic E-state index is 0.186. The molecular formula is C57H40N2. The number of nitrogens with zero attached hydrogens (tertiary/aromatic N) is 2. The zero-order valence-electron chi connectivity index (χ0n) is 33.0. The number of benzene rings is 9.